The van der Waals surface area contributed by atoms with E-state index in [1.165, 1.54) is 6.33 Å². The van der Waals surface area contributed by atoms with Crippen LogP contribution in [0.2, 0.25) is 5.15 Å². The molecule has 0 spiro atoms. The fraction of sp³-hybridized carbons (Fsp3) is 0.222. The highest BCUT2D eigenvalue weighted by Gasteiger charge is 2.06. The molecular formula is C9H9ClN4. The van der Waals surface area contributed by atoms with Crippen LogP contribution in [0, 0.1) is 0 Å². The van der Waals surface area contributed by atoms with E-state index in [0.29, 0.717) is 5.15 Å². The van der Waals surface area contributed by atoms with Crippen LogP contribution in [-0.4, -0.2) is 29.0 Å². The van der Waals surface area contributed by atoms with Gasteiger partial charge in [-0.25, -0.2) is 15.0 Å². The number of rotatable bonds is 1. The Labute approximate surface area is 86.6 Å². The number of halogens is 1. The molecule has 0 aliphatic rings. The van der Waals surface area contributed by atoms with Gasteiger partial charge in [-0.15, -0.1) is 0 Å². The van der Waals surface area contributed by atoms with E-state index in [-0.39, 0.29) is 0 Å². The molecular weight excluding hydrogens is 200 g/mol. The third-order valence-electron chi connectivity index (χ3n) is 1.85. The summed E-state index contributed by atoms with van der Waals surface area (Å²) in [7, 11) is 3.81. The molecule has 0 atom stereocenters. The van der Waals surface area contributed by atoms with Crippen molar-refractivity contribution >= 4 is 28.5 Å². The maximum absolute atomic E-state index is 5.81. The highest BCUT2D eigenvalue weighted by molar-refractivity contribution is 6.29. The Morgan fingerprint density at radius 3 is 2.71 bits per heavy atom. The van der Waals surface area contributed by atoms with Crippen molar-refractivity contribution in [2.24, 2.45) is 0 Å². The highest BCUT2D eigenvalue weighted by atomic mass is 35.5. The first-order valence-electron chi connectivity index (χ1n) is 4.13. The van der Waals surface area contributed by atoms with Crippen LogP contribution < -0.4 is 4.90 Å². The summed E-state index contributed by atoms with van der Waals surface area (Å²) in [6.07, 6.45) is 1.52. The molecule has 0 saturated heterocycles. The molecule has 0 amide bonds. The average Bonchev–Trinajstić information content (AvgIpc) is 2.16. The summed E-state index contributed by atoms with van der Waals surface area (Å²) in [5.41, 5.74) is 1.53. The first-order chi connectivity index (χ1) is 6.68. The molecule has 0 unspecified atom stereocenters. The molecule has 0 aromatic carbocycles. The number of hydrogen-bond acceptors (Lipinski definition) is 4. The smallest absolute Gasteiger partial charge is 0.158 e. The van der Waals surface area contributed by atoms with E-state index in [1.54, 1.807) is 6.07 Å². The van der Waals surface area contributed by atoms with Gasteiger partial charge in [-0.1, -0.05) is 11.6 Å². The number of pyridine rings is 1. The van der Waals surface area contributed by atoms with E-state index in [9.17, 15) is 0 Å². The monoisotopic (exact) mass is 208 g/mol. The molecule has 4 nitrogen and oxygen atoms in total. The predicted octanol–water partition coefficient (Wildman–Crippen LogP) is 1.74. The first-order valence-corrected chi connectivity index (χ1v) is 4.51. The minimum absolute atomic E-state index is 0.454. The van der Waals surface area contributed by atoms with Crippen molar-refractivity contribution in [1.29, 1.82) is 0 Å². The fourth-order valence-electron chi connectivity index (χ4n) is 1.23. The normalized spacial score (nSPS) is 10.5. The average molecular weight is 209 g/mol. The predicted molar refractivity (Wildman–Crippen MR) is 56.7 cm³/mol. The van der Waals surface area contributed by atoms with Crippen LogP contribution in [0.25, 0.3) is 11.0 Å². The summed E-state index contributed by atoms with van der Waals surface area (Å²) in [5.74, 6) is 0.775. The second kappa shape index (κ2) is 3.38. The number of nitrogens with zero attached hydrogens (tertiary/aromatic N) is 4. The Morgan fingerprint density at radius 1 is 1.21 bits per heavy atom. The van der Waals surface area contributed by atoms with Crippen LogP contribution >= 0.6 is 11.6 Å². The molecule has 2 rings (SSSR count). The van der Waals surface area contributed by atoms with Gasteiger partial charge in [0.1, 0.15) is 17.0 Å². The van der Waals surface area contributed by atoms with Crippen molar-refractivity contribution in [3.8, 4) is 0 Å². The molecule has 2 heterocycles. The molecule has 0 bridgehead atoms. The Hall–Kier alpha value is -1.42. The topological polar surface area (TPSA) is 41.9 Å². The van der Waals surface area contributed by atoms with Gasteiger partial charge in [0.05, 0.1) is 5.52 Å². The summed E-state index contributed by atoms with van der Waals surface area (Å²) >= 11 is 5.81. The van der Waals surface area contributed by atoms with E-state index in [4.69, 9.17) is 11.6 Å². The van der Waals surface area contributed by atoms with E-state index in [2.05, 4.69) is 15.0 Å². The highest BCUT2D eigenvalue weighted by Crippen LogP contribution is 2.20. The van der Waals surface area contributed by atoms with Gasteiger partial charge in [0, 0.05) is 14.1 Å². The largest absolute Gasteiger partial charge is 0.361 e. The van der Waals surface area contributed by atoms with Gasteiger partial charge in [-0.05, 0) is 12.1 Å². The third kappa shape index (κ3) is 1.48. The fourth-order valence-corrected chi connectivity index (χ4v) is 1.38. The summed E-state index contributed by atoms with van der Waals surface area (Å²) in [6, 6.07) is 3.55. The van der Waals surface area contributed by atoms with Crippen LogP contribution in [0.4, 0.5) is 5.82 Å². The van der Waals surface area contributed by atoms with Crippen molar-refractivity contribution in [3.05, 3.63) is 23.6 Å². The molecule has 2 aromatic rings. The van der Waals surface area contributed by atoms with E-state index in [1.807, 2.05) is 25.1 Å². The molecule has 5 heteroatoms. The van der Waals surface area contributed by atoms with E-state index < -0.39 is 0 Å². The summed E-state index contributed by atoms with van der Waals surface area (Å²) in [5, 5.41) is 0.454. The van der Waals surface area contributed by atoms with Crippen LogP contribution in [0.3, 0.4) is 0 Å². The van der Waals surface area contributed by atoms with Gasteiger partial charge in [-0.2, -0.15) is 0 Å². The first kappa shape index (κ1) is 9.15. The lowest BCUT2D eigenvalue weighted by Gasteiger charge is -2.12. The Morgan fingerprint density at radius 2 is 2.00 bits per heavy atom. The van der Waals surface area contributed by atoms with Gasteiger partial charge < -0.3 is 4.90 Å². The van der Waals surface area contributed by atoms with E-state index >= 15 is 0 Å². The molecule has 14 heavy (non-hydrogen) atoms. The Balaban J connectivity index is 2.77. The molecule has 0 aliphatic carbocycles. The lowest BCUT2D eigenvalue weighted by Crippen LogP contribution is -2.11. The zero-order valence-electron chi connectivity index (χ0n) is 7.90. The molecule has 72 valence electrons. The van der Waals surface area contributed by atoms with Crippen LogP contribution in [0.5, 0.6) is 0 Å². The quantitative estimate of drug-likeness (QED) is 0.670. The van der Waals surface area contributed by atoms with Crippen LogP contribution in [0.1, 0.15) is 0 Å². The minimum atomic E-state index is 0.454. The second-order valence-electron chi connectivity index (χ2n) is 3.09. The van der Waals surface area contributed by atoms with Crippen molar-refractivity contribution in [2.75, 3.05) is 19.0 Å². The minimum Gasteiger partial charge on any atom is -0.361 e. The maximum Gasteiger partial charge on any atom is 0.158 e. The Bertz CT molecular complexity index is 469. The van der Waals surface area contributed by atoms with Crippen molar-refractivity contribution in [2.45, 2.75) is 0 Å². The van der Waals surface area contributed by atoms with Gasteiger partial charge in [0.25, 0.3) is 0 Å². The van der Waals surface area contributed by atoms with E-state index in [0.717, 1.165) is 16.9 Å². The molecule has 0 N–H and O–H groups in total. The standard InChI is InChI=1S/C9H9ClN4/c1-14(2)9-8-6(11-5-12-9)3-4-7(10)13-8/h3-5H,1-2H3. The van der Waals surface area contributed by atoms with Gasteiger partial charge in [0.15, 0.2) is 5.82 Å². The Kier molecular flexibility index (Phi) is 2.21. The summed E-state index contributed by atoms with van der Waals surface area (Å²) < 4.78 is 0. The zero-order valence-corrected chi connectivity index (χ0v) is 8.65. The molecule has 0 saturated carbocycles. The number of hydrogen-bond donors (Lipinski definition) is 0. The number of aromatic nitrogens is 3. The molecule has 0 radical (unpaired) electrons. The summed E-state index contributed by atoms with van der Waals surface area (Å²) in [4.78, 5) is 14.3. The van der Waals surface area contributed by atoms with Gasteiger partial charge >= 0.3 is 0 Å². The van der Waals surface area contributed by atoms with Crippen LogP contribution in [-0.2, 0) is 0 Å². The molecule has 0 aliphatic heterocycles. The van der Waals surface area contributed by atoms with Gasteiger partial charge in [-0.3, -0.25) is 0 Å². The second-order valence-corrected chi connectivity index (χ2v) is 3.48. The van der Waals surface area contributed by atoms with Crippen molar-refractivity contribution < 1.29 is 0 Å². The summed E-state index contributed by atoms with van der Waals surface area (Å²) in [6.45, 7) is 0. The van der Waals surface area contributed by atoms with Crippen molar-refractivity contribution in [3.63, 3.8) is 0 Å². The lowest BCUT2D eigenvalue weighted by atomic mass is 10.3. The van der Waals surface area contributed by atoms with Crippen molar-refractivity contribution in [1.82, 2.24) is 15.0 Å². The third-order valence-corrected chi connectivity index (χ3v) is 2.06. The lowest BCUT2D eigenvalue weighted by molar-refractivity contribution is 1.05. The van der Waals surface area contributed by atoms with Crippen LogP contribution in [0.15, 0.2) is 18.5 Å². The zero-order chi connectivity index (χ0) is 10.1. The number of anilines is 1. The molecule has 2 aromatic heterocycles. The van der Waals surface area contributed by atoms with Gasteiger partial charge in [0.2, 0.25) is 0 Å². The maximum atomic E-state index is 5.81. The SMILES string of the molecule is CN(C)c1ncnc2ccc(Cl)nc12. The number of fused-ring (bicyclic) bond motifs is 1. The molecule has 0 fully saturated rings.